The van der Waals surface area contributed by atoms with Crippen LogP contribution in [0.5, 0.6) is 0 Å². The molecule has 4 heteroatoms. The summed E-state index contributed by atoms with van der Waals surface area (Å²) >= 11 is 5.82. The Labute approximate surface area is 71.2 Å². The van der Waals surface area contributed by atoms with E-state index in [1.54, 1.807) is 6.33 Å². The molecular weight excluding hydrogens is 162 g/mol. The molecule has 0 unspecified atom stereocenters. The molecule has 0 radical (unpaired) electrons. The second-order valence-electron chi connectivity index (χ2n) is 3.22. The second-order valence-corrected chi connectivity index (χ2v) is 3.57. The summed E-state index contributed by atoms with van der Waals surface area (Å²) in [5.41, 5.74) is 6.29. The monoisotopic (exact) mass is 173 g/mol. The summed E-state index contributed by atoms with van der Waals surface area (Å²) < 4.78 is 1.84. The maximum Gasteiger partial charge on any atom is 0.152 e. The van der Waals surface area contributed by atoms with Gasteiger partial charge in [-0.3, -0.25) is 0 Å². The number of aromatic nitrogens is 2. The Balaban J connectivity index is 3.21. The Morgan fingerprint density at radius 1 is 1.64 bits per heavy atom. The molecule has 2 N–H and O–H groups in total. The predicted octanol–water partition coefficient (Wildman–Crippen LogP) is 1.27. The lowest BCUT2D eigenvalue weighted by Gasteiger charge is -2.19. The van der Waals surface area contributed by atoms with Crippen molar-refractivity contribution in [3.05, 3.63) is 17.2 Å². The van der Waals surface area contributed by atoms with E-state index >= 15 is 0 Å². The van der Waals surface area contributed by atoms with Crippen molar-refractivity contribution in [2.45, 2.75) is 19.4 Å². The summed E-state index contributed by atoms with van der Waals surface area (Å²) in [6.07, 6.45) is 1.66. The lowest BCUT2D eigenvalue weighted by Crippen LogP contribution is -2.31. The molecule has 0 saturated heterocycles. The van der Waals surface area contributed by atoms with Crippen molar-refractivity contribution in [2.75, 3.05) is 0 Å². The van der Waals surface area contributed by atoms with E-state index in [9.17, 15) is 0 Å². The van der Waals surface area contributed by atoms with E-state index in [1.807, 2.05) is 25.5 Å². The number of aryl methyl sites for hydroxylation is 1. The van der Waals surface area contributed by atoms with Crippen LogP contribution in [-0.2, 0) is 12.6 Å². The van der Waals surface area contributed by atoms with Gasteiger partial charge in [-0.15, -0.1) is 0 Å². The average molecular weight is 174 g/mol. The lowest BCUT2D eigenvalue weighted by molar-refractivity contribution is 0.513. The zero-order valence-electron chi connectivity index (χ0n) is 6.93. The van der Waals surface area contributed by atoms with E-state index < -0.39 is 5.54 Å². The van der Waals surface area contributed by atoms with Crippen LogP contribution in [0.25, 0.3) is 0 Å². The molecule has 0 atom stereocenters. The van der Waals surface area contributed by atoms with Crippen LogP contribution in [0.3, 0.4) is 0 Å². The molecule has 0 spiro atoms. The van der Waals surface area contributed by atoms with E-state index in [1.165, 1.54) is 0 Å². The van der Waals surface area contributed by atoms with Crippen LogP contribution in [-0.4, -0.2) is 9.55 Å². The Kier molecular flexibility index (Phi) is 1.94. The third kappa shape index (κ3) is 1.54. The summed E-state index contributed by atoms with van der Waals surface area (Å²) in [5, 5.41) is 0.486. The van der Waals surface area contributed by atoms with Gasteiger partial charge in [0.15, 0.2) is 5.15 Å². The van der Waals surface area contributed by atoms with Crippen LogP contribution < -0.4 is 5.73 Å². The smallest absolute Gasteiger partial charge is 0.152 e. The first-order chi connectivity index (χ1) is 4.93. The molecule has 0 aromatic carbocycles. The fourth-order valence-corrected chi connectivity index (χ4v) is 1.54. The molecule has 0 bridgehead atoms. The number of imidazole rings is 1. The topological polar surface area (TPSA) is 43.8 Å². The highest BCUT2D eigenvalue weighted by atomic mass is 35.5. The van der Waals surface area contributed by atoms with Gasteiger partial charge in [-0.1, -0.05) is 11.6 Å². The molecule has 0 aliphatic carbocycles. The van der Waals surface area contributed by atoms with Crippen molar-refractivity contribution in [3.63, 3.8) is 0 Å². The standard InChI is InChI=1S/C7H12ClN3/c1-7(2,9)5-6(8)10-4-11(5)3/h4H,9H2,1-3H3. The van der Waals surface area contributed by atoms with Crippen LogP contribution in [0, 0.1) is 0 Å². The number of halogens is 1. The maximum atomic E-state index is 5.86. The van der Waals surface area contributed by atoms with Crippen LogP contribution in [0.1, 0.15) is 19.5 Å². The first-order valence-electron chi connectivity index (χ1n) is 3.39. The normalized spacial score (nSPS) is 12.1. The molecule has 11 heavy (non-hydrogen) atoms. The van der Waals surface area contributed by atoms with Gasteiger partial charge in [-0.2, -0.15) is 0 Å². The van der Waals surface area contributed by atoms with Gasteiger partial charge in [0.1, 0.15) is 0 Å². The zero-order valence-corrected chi connectivity index (χ0v) is 7.68. The van der Waals surface area contributed by atoms with Gasteiger partial charge in [-0.05, 0) is 13.8 Å². The van der Waals surface area contributed by atoms with E-state index in [0.29, 0.717) is 5.15 Å². The van der Waals surface area contributed by atoms with Gasteiger partial charge >= 0.3 is 0 Å². The molecule has 1 aromatic heterocycles. The maximum absolute atomic E-state index is 5.86. The minimum Gasteiger partial charge on any atom is -0.335 e. The largest absolute Gasteiger partial charge is 0.335 e. The van der Waals surface area contributed by atoms with Crippen LogP contribution in [0.2, 0.25) is 5.15 Å². The lowest BCUT2D eigenvalue weighted by atomic mass is 10.0. The predicted molar refractivity (Wildman–Crippen MR) is 45.4 cm³/mol. The Hall–Kier alpha value is -0.540. The van der Waals surface area contributed by atoms with E-state index in [0.717, 1.165) is 5.69 Å². The average Bonchev–Trinajstić information content (AvgIpc) is 2.08. The van der Waals surface area contributed by atoms with Gasteiger partial charge in [0.05, 0.1) is 17.6 Å². The van der Waals surface area contributed by atoms with Gasteiger partial charge in [0.2, 0.25) is 0 Å². The second kappa shape index (κ2) is 2.50. The molecule has 62 valence electrons. The highest BCUT2D eigenvalue weighted by molar-refractivity contribution is 6.30. The Morgan fingerprint density at radius 2 is 2.18 bits per heavy atom. The van der Waals surface area contributed by atoms with Crippen LogP contribution in [0.15, 0.2) is 6.33 Å². The zero-order chi connectivity index (χ0) is 8.65. The van der Waals surface area contributed by atoms with Crippen LogP contribution >= 0.6 is 11.6 Å². The number of hydrogen-bond donors (Lipinski definition) is 1. The summed E-state index contributed by atoms with van der Waals surface area (Å²) in [4.78, 5) is 3.93. The minimum atomic E-state index is -0.428. The molecule has 1 heterocycles. The number of hydrogen-bond acceptors (Lipinski definition) is 2. The summed E-state index contributed by atoms with van der Waals surface area (Å²) in [5.74, 6) is 0. The molecule has 0 saturated carbocycles. The molecule has 1 rings (SSSR count). The van der Waals surface area contributed by atoms with Crippen molar-refractivity contribution in [2.24, 2.45) is 12.8 Å². The molecule has 0 fully saturated rings. The first-order valence-corrected chi connectivity index (χ1v) is 3.77. The third-order valence-electron chi connectivity index (χ3n) is 1.50. The highest BCUT2D eigenvalue weighted by Gasteiger charge is 2.21. The molecule has 0 aliphatic heterocycles. The van der Waals surface area contributed by atoms with Crippen molar-refractivity contribution in [3.8, 4) is 0 Å². The molecular formula is C7H12ClN3. The molecule has 3 nitrogen and oxygen atoms in total. The Morgan fingerprint density at radius 3 is 2.36 bits per heavy atom. The summed E-state index contributed by atoms with van der Waals surface area (Å²) in [6, 6.07) is 0. The van der Waals surface area contributed by atoms with E-state index in [-0.39, 0.29) is 0 Å². The molecule has 0 amide bonds. The quantitative estimate of drug-likeness (QED) is 0.695. The number of nitrogens with two attached hydrogens (primary N) is 1. The fraction of sp³-hybridized carbons (Fsp3) is 0.571. The van der Waals surface area contributed by atoms with E-state index in [2.05, 4.69) is 4.98 Å². The highest BCUT2D eigenvalue weighted by Crippen LogP contribution is 2.23. The summed E-state index contributed by atoms with van der Waals surface area (Å²) in [6.45, 7) is 3.80. The van der Waals surface area contributed by atoms with Crippen molar-refractivity contribution < 1.29 is 0 Å². The van der Waals surface area contributed by atoms with Crippen LogP contribution in [0.4, 0.5) is 0 Å². The van der Waals surface area contributed by atoms with Gasteiger partial charge < -0.3 is 10.3 Å². The Bertz CT molecular complexity index is 240. The SMILES string of the molecule is Cn1cnc(Cl)c1C(C)(C)N. The third-order valence-corrected chi connectivity index (χ3v) is 1.78. The van der Waals surface area contributed by atoms with Crippen molar-refractivity contribution in [1.29, 1.82) is 0 Å². The fourth-order valence-electron chi connectivity index (χ4n) is 1.12. The first kappa shape index (κ1) is 8.56. The summed E-state index contributed by atoms with van der Waals surface area (Å²) in [7, 11) is 1.88. The van der Waals surface area contributed by atoms with Gasteiger partial charge in [0, 0.05) is 7.05 Å². The van der Waals surface area contributed by atoms with Crippen molar-refractivity contribution in [1.82, 2.24) is 9.55 Å². The van der Waals surface area contributed by atoms with E-state index in [4.69, 9.17) is 17.3 Å². The minimum absolute atomic E-state index is 0.428. The molecule has 0 aliphatic rings. The number of rotatable bonds is 1. The van der Waals surface area contributed by atoms with Gasteiger partial charge in [-0.25, -0.2) is 4.98 Å². The van der Waals surface area contributed by atoms with Gasteiger partial charge in [0.25, 0.3) is 0 Å². The molecule has 1 aromatic rings. The number of nitrogens with zero attached hydrogens (tertiary/aromatic N) is 2. The van der Waals surface area contributed by atoms with Crippen molar-refractivity contribution >= 4 is 11.6 Å².